The Morgan fingerprint density at radius 2 is 2.38 bits per heavy atom. The van der Waals surface area contributed by atoms with Gasteiger partial charge in [0.05, 0.1) is 4.88 Å². The molecule has 1 rings (SSSR count). The second-order valence-corrected chi connectivity index (χ2v) is 2.99. The fraction of sp³-hybridized carbons (Fsp3) is 0.250. The second-order valence-electron chi connectivity index (χ2n) is 1.58. The lowest BCUT2D eigenvalue weighted by molar-refractivity contribution is 0.587. The van der Waals surface area contributed by atoms with E-state index in [-0.39, 0.29) is 5.95 Å². The SMILES string of the molecule is Bc1nc(F)c(C)s1. The van der Waals surface area contributed by atoms with Crippen molar-refractivity contribution in [1.29, 1.82) is 0 Å². The summed E-state index contributed by atoms with van der Waals surface area (Å²) >= 11 is 1.38. The summed E-state index contributed by atoms with van der Waals surface area (Å²) in [4.78, 5) is 5.02. The minimum absolute atomic E-state index is 0.326. The minimum Gasteiger partial charge on any atom is -0.224 e. The summed E-state index contributed by atoms with van der Waals surface area (Å²) < 4.78 is 12.2. The molecule has 0 aliphatic carbocycles. The Kier molecular flexibility index (Phi) is 1.34. The van der Waals surface area contributed by atoms with Gasteiger partial charge in [0.25, 0.3) is 0 Å². The quantitative estimate of drug-likeness (QED) is 0.444. The number of aromatic nitrogens is 1. The largest absolute Gasteiger partial charge is 0.225 e. The van der Waals surface area contributed by atoms with E-state index in [1.165, 1.54) is 11.3 Å². The van der Waals surface area contributed by atoms with Crippen LogP contribution in [0.1, 0.15) is 4.88 Å². The average Bonchev–Trinajstić information content (AvgIpc) is 1.85. The van der Waals surface area contributed by atoms with Crippen molar-refractivity contribution < 1.29 is 4.39 Å². The van der Waals surface area contributed by atoms with Crippen molar-refractivity contribution in [3.8, 4) is 0 Å². The first kappa shape index (κ1) is 5.76. The summed E-state index contributed by atoms with van der Waals surface area (Å²) in [6.45, 7) is 1.72. The molecule has 0 N–H and O–H groups in total. The van der Waals surface area contributed by atoms with Gasteiger partial charge in [-0.25, -0.2) is 4.98 Å². The van der Waals surface area contributed by atoms with Crippen LogP contribution in [-0.4, -0.2) is 12.8 Å². The normalized spacial score (nSPS) is 9.75. The van der Waals surface area contributed by atoms with Crippen LogP contribution >= 0.6 is 11.3 Å². The molecule has 0 amide bonds. The van der Waals surface area contributed by atoms with Crippen molar-refractivity contribution in [3.63, 3.8) is 0 Å². The van der Waals surface area contributed by atoms with Gasteiger partial charge in [-0.2, -0.15) is 4.39 Å². The first-order valence-corrected chi connectivity index (χ1v) is 3.11. The predicted molar refractivity (Wildman–Crippen MR) is 35.0 cm³/mol. The highest BCUT2D eigenvalue weighted by molar-refractivity contribution is 7.19. The average molecular weight is 129 g/mol. The van der Waals surface area contributed by atoms with E-state index >= 15 is 0 Å². The summed E-state index contributed by atoms with van der Waals surface area (Å²) in [5.41, 5.74) is 0. The Balaban J connectivity index is 3.14. The third-order valence-corrected chi connectivity index (χ3v) is 1.71. The number of thiazole rings is 1. The minimum atomic E-state index is -0.326. The lowest BCUT2D eigenvalue weighted by atomic mass is 10.2. The maximum absolute atomic E-state index is 12.2. The molecular weight excluding hydrogens is 124 g/mol. The van der Waals surface area contributed by atoms with Gasteiger partial charge in [0.2, 0.25) is 5.95 Å². The van der Waals surface area contributed by atoms with Gasteiger partial charge in [-0.1, -0.05) is 0 Å². The third-order valence-electron chi connectivity index (χ3n) is 0.847. The molecule has 1 aromatic rings. The molecule has 0 bridgehead atoms. The number of halogens is 1. The van der Waals surface area contributed by atoms with Gasteiger partial charge in [0.1, 0.15) is 0 Å². The zero-order valence-electron chi connectivity index (χ0n) is 4.73. The topological polar surface area (TPSA) is 12.9 Å². The number of nitrogens with zero attached hydrogens (tertiary/aromatic N) is 1. The fourth-order valence-electron chi connectivity index (χ4n) is 0.503. The van der Waals surface area contributed by atoms with Gasteiger partial charge in [0.15, 0.2) is 7.85 Å². The Morgan fingerprint density at radius 1 is 1.75 bits per heavy atom. The Morgan fingerprint density at radius 3 is 2.50 bits per heavy atom. The molecule has 0 saturated carbocycles. The van der Waals surface area contributed by atoms with Crippen LogP contribution in [-0.2, 0) is 0 Å². The number of hydrogen-bond donors (Lipinski definition) is 0. The van der Waals surface area contributed by atoms with E-state index in [4.69, 9.17) is 0 Å². The van der Waals surface area contributed by atoms with Crippen molar-refractivity contribution >= 4 is 24.1 Å². The van der Waals surface area contributed by atoms with E-state index in [1.807, 2.05) is 0 Å². The van der Waals surface area contributed by atoms with E-state index in [1.54, 1.807) is 14.8 Å². The lowest BCUT2D eigenvalue weighted by Crippen LogP contribution is -1.97. The molecule has 0 aromatic carbocycles. The number of hydrogen-bond acceptors (Lipinski definition) is 2. The van der Waals surface area contributed by atoms with Crippen LogP contribution in [0.5, 0.6) is 0 Å². The van der Waals surface area contributed by atoms with Crippen molar-refractivity contribution in [2.24, 2.45) is 0 Å². The van der Waals surface area contributed by atoms with Crippen molar-refractivity contribution in [1.82, 2.24) is 4.98 Å². The summed E-state index contributed by atoms with van der Waals surface area (Å²) in [5.74, 6) is -0.326. The van der Waals surface area contributed by atoms with Crippen LogP contribution in [0.15, 0.2) is 0 Å². The van der Waals surface area contributed by atoms with Gasteiger partial charge in [-0.15, -0.1) is 11.3 Å². The molecule has 0 aliphatic heterocycles. The molecular formula is C4H5BFNS. The zero-order chi connectivity index (χ0) is 6.15. The molecule has 0 saturated heterocycles. The van der Waals surface area contributed by atoms with E-state index < -0.39 is 0 Å². The molecule has 1 heterocycles. The van der Waals surface area contributed by atoms with Gasteiger partial charge in [0, 0.05) is 4.91 Å². The second kappa shape index (κ2) is 1.86. The fourth-order valence-corrected chi connectivity index (χ4v) is 1.20. The third kappa shape index (κ3) is 0.890. The first-order chi connectivity index (χ1) is 3.70. The van der Waals surface area contributed by atoms with Crippen molar-refractivity contribution in [3.05, 3.63) is 10.8 Å². The molecule has 0 unspecified atom stereocenters. The summed E-state index contributed by atoms with van der Waals surface area (Å²) in [5, 5.41) is 0. The molecule has 1 nitrogen and oxygen atoms in total. The highest BCUT2D eigenvalue weighted by Gasteiger charge is 1.99. The standard InChI is InChI=1S/C4H5BFNS/c1-2-3(6)7-4(5)8-2/h5H2,1H3. The smallest absolute Gasteiger partial charge is 0.224 e. The molecule has 8 heavy (non-hydrogen) atoms. The monoisotopic (exact) mass is 129 g/mol. The number of aryl methyl sites for hydroxylation is 1. The van der Waals surface area contributed by atoms with Crippen molar-refractivity contribution in [2.75, 3.05) is 0 Å². The highest BCUT2D eigenvalue weighted by atomic mass is 32.1. The molecule has 1 aromatic heterocycles. The first-order valence-electron chi connectivity index (χ1n) is 2.29. The van der Waals surface area contributed by atoms with Crippen LogP contribution in [0.25, 0.3) is 0 Å². The molecule has 0 aliphatic rings. The van der Waals surface area contributed by atoms with E-state index in [9.17, 15) is 4.39 Å². The summed E-state index contributed by atoms with van der Waals surface area (Å²) in [7, 11) is 1.79. The van der Waals surface area contributed by atoms with Gasteiger partial charge in [-0.3, -0.25) is 0 Å². The Labute approximate surface area is 52.0 Å². The molecule has 0 radical (unpaired) electrons. The predicted octanol–water partition coefficient (Wildman–Crippen LogP) is -0.151. The van der Waals surface area contributed by atoms with Crippen LogP contribution in [0, 0.1) is 12.9 Å². The Hall–Kier alpha value is -0.375. The van der Waals surface area contributed by atoms with Gasteiger partial charge in [-0.05, 0) is 6.92 Å². The van der Waals surface area contributed by atoms with E-state index in [0.29, 0.717) is 4.88 Å². The zero-order valence-corrected chi connectivity index (χ0v) is 5.55. The molecule has 42 valence electrons. The van der Waals surface area contributed by atoms with E-state index in [2.05, 4.69) is 4.98 Å². The Bertz CT molecular complexity index is 178. The van der Waals surface area contributed by atoms with Crippen LogP contribution in [0.2, 0.25) is 0 Å². The van der Waals surface area contributed by atoms with Crippen molar-refractivity contribution in [2.45, 2.75) is 6.92 Å². The maximum Gasteiger partial charge on any atom is 0.225 e. The van der Waals surface area contributed by atoms with Gasteiger partial charge >= 0.3 is 0 Å². The lowest BCUT2D eigenvalue weighted by Gasteiger charge is -1.72. The molecule has 4 heteroatoms. The maximum atomic E-state index is 12.2. The molecule has 0 fully saturated rings. The van der Waals surface area contributed by atoms with E-state index in [0.717, 1.165) is 4.91 Å². The summed E-state index contributed by atoms with van der Waals surface area (Å²) in [6.07, 6.45) is 0. The van der Waals surface area contributed by atoms with Crippen LogP contribution in [0.4, 0.5) is 4.39 Å². The van der Waals surface area contributed by atoms with Crippen LogP contribution < -0.4 is 4.91 Å². The van der Waals surface area contributed by atoms with Crippen LogP contribution in [0.3, 0.4) is 0 Å². The number of rotatable bonds is 0. The summed E-state index contributed by atoms with van der Waals surface area (Å²) in [6, 6.07) is 0. The highest BCUT2D eigenvalue weighted by Crippen LogP contribution is 2.04. The van der Waals surface area contributed by atoms with Gasteiger partial charge < -0.3 is 0 Å². The molecule has 0 spiro atoms. The molecule has 0 atom stereocenters.